The standard InChI is InChI=1S/C36H40Cl2N4O10.2H2S/c1-19-21(17-51-33-27(37)11-23(31(41-33)49-3)13-39-29(15-43)35(45)46)7-5-9-25(19)26-10-6-8-22(20(26)2)18-52-34-28(38)12-24(32(42-34)50-4)14-40-30(16-44)36(47)48;;/h5-12,29-30,39-40,43-44H,13-18H2,1-4H3,(H,45,46)(H,47,48);2*1H2/t29-,30-;;/m0../s1. The molecular weight excluding hydrogens is 783 g/mol. The Hall–Kier alpha value is -4.00. The highest BCUT2D eigenvalue weighted by Gasteiger charge is 2.21. The van der Waals surface area contributed by atoms with Gasteiger partial charge >= 0.3 is 11.9 Å². The second kappa shape index (κ2) is 21.8. The summed E-state index contributed by atoms with van der Waals surface area (Å²) in [5.74, 6) is -1.70. The number of hydrogen-bond donors (Lipinski definition) is 6. The van der Waals surface area contributed by atoms with Gasteiger partial charge in [-0.2, -0.15) is 37.0 Å². The van der Waals surface area contributed by atoms with Crippen LogP contribution < -0.4 is 29.6 Å². The molecule has 0 aliphatic carbocycles. The molecule has 0 fully saturated rings. The van der Waals surface area contributed by atoms with E-state index in [0.29, 0.717) is 11.1 Å². The van der Waals surface area contributed by atoms with E-state index in [1.54, 1.807) is 12.1 Å². The van der Waals surface area contributed by atoms with Gasteiger partial charge in [0.15, 0.2) is 0 Å². The summed E-state index contributed by atoms with van der Waals surface area (Å²) < 4.78 is 22.8. The van der Waals surface area contributed by atoms with Crippen molar-refractivity contribution >= 4 is 62.1 Å². The van der Waals surface area contributed by atoms with Crippen molar-refractivity contribution in [1.29, 1.82) is 0 Å². The first kappa shape index (κ1) is 46.2. The summed E-state index contributed by atoms with van der Waals surface area (Å²) >= 11 is 13.0. The predicted molar refractivity (Wildman–Crippen MR) is 213 cm³/mol. The molecule has 0 amide bonds. The van der Waals surface area contributed by atoms with E-state index < -0.39 is 37.2 Å². The number of aliphatic carboxylic acids is 2. The number of ether oxygens (including phenoxy) is 4. The number of benzene rings is 2. The molecule has 0 aliphatic rings. The van der Waals surface area contributed by atoms with Crippen LogP contribution >= 0.6 is 50.2 Å². The summed E-state index contributed by atoms with van der Waals surface area (Å²) in [7, 11) is 2.85. The van der Waals surface area contributed by atoms with E-state index in [4.69, 9.17) is 42.1 Å². The number of nitrogens with one attached hydrogen (secondary N) is 2. The third-order valence-electron chi connectivity index (χ3n) is 8.30. The van der Waals surface area contributed by atoms with Crippen molar-refractivity contribution in [3.8, 4) is 34.6 Å². The number of carboxylic acid groups (broad SMARTS) is 2. The number of pyridine rings is 2. The zero-order valence-electron chi connectivity index (χ0n) is 29.9. The Kier molecular flexibility index (Phi) is 18.6. The quantitative estimate of drug-likeness (QED) is 0.0770. The monoisotopic (exact) mass is 826 g/mol. The largest absolute Gasteiger partial charge is 0.481 e. The molecule has 0 spiro atoms. The molecule has 4 aromatic rings. The second-order valence-electron chi connectivity index (χ2n) is 11.6. The van der Waals surface area contributed by atoms with Crippen molar-refractivity contribution < 1.29 is 49.0 Å². The molecule has 294 valence electrons. The number of carboxylic acids is 2. The number of hydrogen-bond acceptors (Lipinski definition) is 12. The lowest BCUT2D eigenvalue weighted by Crippen LogP contribution is -2.39. The van der Waals surface area contributed by atoms with Gasteiger partial charge in [-0.05, 0) is 59.4 Å². The Labute approximate surface area is 336 Å². The van der Waals surface area contributed by atoms with Gasteiger partial charge in [-0.3, -0.25) is 20.2 Å². The molecule has 0 radical (unpaired) electrons. The minimum Gasteiger partial charge on any atom is -0.481 e. The molecule has 0 aliphatic heterocycles. The van der Waals surface area contributed by atoms with Crippen molar-refractivity contribution in [3.63, 3.8) is 0 Å². The van der Waals surface area contributed by atoms with Crippen molar-refractivity contribution in [2.45, 2.75) is 52.2 Å². The molecule has 2 atom stereocenters. The SMILES string of the molecule is COc1nc(OCc2cccc(-c3cccc(COc4nc(OC)c(CN[C@@H](CO)C(=O)O)cc4Cl)c3C)c2C)c(Cl)cc1CN[C@@H](CO)C(=O)O.S.S. The summed E-state index contributed by atoms with van der Waals surface area (Å²) in [4.78, 5) is 31.3. The summed E-state index contributed by atoms with van der Waals surface area (Å²) in [5, 5.41) is 42.8. The topological polar surface area (TPSA) is 202 Å². The number of aliphatic hydroxyl groups excluding tert-OH is 2. The average Bonchev–Trinajstić information content (AvgIpc) is 3.12. The maximum atomic E-state index is 11.2. The zero-order valence-corrected chi connectivity index (χ0v) is 33.4. The van der Waals surface area contributed by atoms with Gasteiger partial charge < -0.3 is 39.4 Å². The fraction of sp³-hybridized carbons (Fsp3) is 0.333. The normalized spacial score (nSPS) is 11.8. The minimum atomic E-state index is -1.19. The zero-order chi connectivity index (χ0) is 37.9. The van der Waals surface area contributed by atoms with Crippen molar-refractivity contribution in [2.24, 2.45) is 0 Å². The van der Waals surface area contributed by atoms with Gasteiger partial charge in [0.2, 0.25) is 23.5 Å². The van der Waals surface area contributed by atoms with Crippen LogP contribution in [0.15, 0.2) is 48.5 Å². The lowest BCUT2D eigenvalue weighted by molar-refractivity contribution is -0.141. The highest BCUT2D eigenvalue weighted by molar-refractivity contribution is 7.59. The van der Waals surface area contributed by atoms with Crippen LogP contribution in [0.5, 0.6) is 23.5 Å². The maximum absolute atomic E-state index is 11.2. The van der Waals surface area contributed by atoms with Gasteiger partial charge in [0, 0.05) is 24.2 Å². The molecule has 2 aromatic heterocycles. The van der Waals surface area contributed by atoms with E-state index in [-0.39, 0.29) is 86.9 Å². The molecule has 0 unspecified atom stereocenters. The minimum absolute atomic E-state index is 0. The first-order valence-corrected chi connectivity index (χ1v) is 16.7. The van der Waals surface area contributed by atoms with Crippen molar-refractivity contribution in [1.82, 2.24) is 20.6 Å². The highest BCUT2D eigenvalue weighted by atomic mass is 35.5. The lowest BCUT2D eigenvalue weighted by Gasteiger charge is -2.18. The van der Waals surface area contributed by atoms with Crippen LogP contribution in [0.2, 0.25) is 10.0 Å². The number of aliphatic hydroxyl groups is 2. The van der Waals surface area contributed by atoms with Gasteiger partial charge in [-0.15, -0.1) is 0 Å². The van der Waals surface area contributed by atoms with Gasteiger partial charge in [-0.1, -0.05) is 59.6 Å². The molecule has 18 heteroatoms. The van der Waals surface area contributed by atoms with E-state index in [9.17, 15) is 30.0 Å². The van der Waals surface area contributed by atoms with E-state index in [2.05, 4.69) is 20.6 Å². The number of aromatic nitrogens is 2. The van der Waals surface area contributed by atoms with Gasteiger partial charge in [0.05, 0.1) is 27.4 Å². The number of rotatable bonds is 19. The first-order chi connectivity index (χ1) is 24.9. The molecule has 6 N–H and O–H groups in total. The Balaban J connectivity index is 0.00000504. The summed E-state index contributed by atoms with van der Waals surface area (Å²) in [6.45, 7) is 3.20. The molecule has 4 rings (SSSR count). The number of methoxy groups -OCH3 is 2. The first-order valence-electron chi connectivity index (χ1n) is 16.0. The van der Waals surface area contributed by atoms with E-state index in [1.807, 2.05) is 50.2 Å². The predicted octanol–water partition coefficient (Wildman–Crippen LogP) is 4.54. The van der Waals surface area contributed by atoms with Gasteiger partial charge in [0.1, 0.15) is 35.3 Å². The van der Waals surface area contributed by atoms with Gasteiger partial charge in [0.25, 0.3) is 0 Å². The average molecular weight is 828 g/mol. The molecule has 14 nitrogen and oxygen atoms in total. The molecule has 2 aromatic carbocycles. The summed E-state index contributed by atoms with van der Waals surface area (Å²) in [5.41, 5.74) is 6.67. The number of carbonyl (C=O) groups is 2. The smallest absolute Gasteiger partial charge is 0.323 e. The third kappa shape index (κ3) is 11.5. The molecule has 0 saturated heterocycles. The highest BCUT2D eigenvalue weighted by Crippen LogP contribution is 2.34. The lowest BCUT2D eigenvalue weighted by atomic mass is 9.92. The molecule has 0 saturated carbocycles. The molecule has 0 bridgehead atoms. The van der Waals surface area contributed by atoms with Crippen molar-refractivity contribution in [3.05, 3.63) is 92.0 Å². The van der Waals surface area contributed by atoms with Crippen LogP contribution in [-0.2, 0) is 35.9 Å². The molecular formula is C36H44Cl2N4O10S2. The fourth-order valence-electron chi connectivity index (χ4n) is 5.28. The Bertz CT molecular complexity index is 1770. The number of nitrogens with zero attached hydrogens (tertiary/aromatic N) is 2. The fourth-order valence-corrected chi connectivity index (χ4v) is 5.74. The van der Waals surface area contributed by atoms with Gasteiger partial charge in [-0.25, -0.2) is 0 Å². The van der Waals surface area contributed by atoms with Crippen LogP contribution in [0.1, 0.15) is 33.4 Å². The van der Waals surface area contributed by atoms with Crippen LogP contribution in [-0.4, -0.2) is 81.8 Å². The van der Waals surface area contributed by atoms with Crippen LogP contribution in [0.4, 0.5) is 0 Å². The van der Waals surface area contributed by atoms with E-state index in [1.165, 1.54) is 14.2 Å². The Morgan fingerprint density at radius 2 is 1.04 bits per heavy atom. The Morgan fingerprint density at radius 3 is 1.35 bits per heavy atom. The van der Waals surface area contributed by atoms with E-state index >= 15 is 0 Å². The van der Waals surface area contributed by atoms with Crippen LogP contribution in [0.3, 0.4) is 0 Å². The maximum Gasteiger partial charge on any atom is 0.323 e. The Morgan fingerprint density at radius 1 is 0.667 bits per heavy atom. The van der Waals surface area contributed by atoms with Crippen molar-refractivity contribution in [2.75, 3.05) is 27.4 Å². The van der Waals surface area contributed by atoms with Crippen LogP contribution in [0, 0.1) is 13.8 Å². The molecule has 2 heterocycles. The number of halogens is 2. The van der Waals surface area contributed by atoms with Crippen LogP contribution in [0.25, 0.3) is 11.1 Å². The van der Waals surface area contributed by atoms with E-state index in [0.717, 1.165) is 33.4 Å². The third-order valence-corrected chi connectivity index (χ3v) is 8.84. The molecule has 54 heavy (non-hydrogen) atoms. The summed E-state index contributed by atoms with van der Waals surface area (Å²) in [6.07, 6.45) is 0. The summed E-state index contributed by atoms with van der Waals surface area (Å²) in [6, 6.07) is 12.6. The second-order valence-corrected chi connectivity index (χ2v) is 12.4.